The van der Waals surface area contributed by atoms with Crippen molar-refractivity contribution in [2.24, 2.45) is 5.92 Å². The second kappa shape index (κ2) is 10.1. The summed E-state index contributed by atoms with van der Waals surface area (Å²) in [6.45, 7) is 4.69. The van der Waals surface area contributed by atoms with E-state index in [0.29, 0.717) is 23.0 Å². The van der Waals surface area contributed by atoms with Gasteiger partial charge in [-0.2, -0.15) is 0 Å². The van der Waals surface area contributed by atoms with Crippen molar-refractivity contribution in [3.05, 3.63) is 53.1 Å². The summed E-state index contributed by atoms with van der Waals surface area (Å²) in [5.74, 6) is 3.95. The number of nitrogens with one attached hydrogen (secondary N) is 1. The minimum Gasteiger partial charge on any atom is -0.493 e. The summed E-state index contributed by atoms with van der Waals surface area (Å²) in [6.07, 6.45) is 9.43. The molecule has 1 N–H and O–H groups in total. The van der Waals surface area contributed by atoms with Gasteiger partial charge in [-0.05, 0) is 106 Å². The van der Waals surface area contributed by atoms with Gasteiger partial charge in [0, 0.05) is 23.6 Å². The number of likely N-dealkylation sites (tertiary alicyclic amines) is 1. The average molecular weight is 477 g/mol. The molecule has 35 heavy (non-hydrogen) atoms. The normalized spacial score (nSPS) is 24.1. The highest BCUT2D eigenvalue weighted by molar-refractivity contribution is 5.95. The Kier molecular flexibility index (Phi) is 6.55. The van der Waals surface area contributed by atoms with E-state index < -0.39 is 0 Å². The highest BCUT2D eigenvalue weighted by Crippen LogP contribution is 2.37. The maximum atomic E-state index is 12.7. The van der Waals surface area contributed by atoms with E-state index in [0.717, 1.165) is 37.5 Å². The predicted octanol–water partition coefficient (Wildman–Crippen LogP) is 4.91. The van der Waals surface area contributed by atoms with Crippen LogP contribution in [0.25, 0.3) is 0 Å². The van der Waals surface area contributed by atoms with Crippen molar-refractivity contribution >= 4 is 5.91 Å². The lowest BCUT2D eigenvalue weighted by atomic mass is 9.83. The van der Waals surface area contributed by atoms with E-state index in [9.17, 15) is 4.79 Å². The first-order valence-electron chi connectivity index (χ1n) is 13.4. The van der Waals surface area contributed by atoms with Gasteiger partial charge in [0.05, 0.1) is 6.61 Å². The Morgan fingerprint density at radius 3 is 2.60 bits per heavy atom. The molecule has 2 aromatic carbocycles. The number of carbonyl (C=O) groups excluding carboxylic acids is 1. The Morgan fingerprint density at radius 2 is 1.74 bits per heavy atom. The molecule has 186 valence electrons. The van der Waals surface area contributed by atoms with Crippen LogP contribution in [0.1, 0.15) is 72.3 Å². The molecule has 1 saturated carbocycles. The first-order chi connectivity index (χ1) is 17.2. The predicted molar refractivity (Wildman–Crippen MR) is 134 cm³/mol. The summed E-state index contributed by atoms with van der Waals surface area (Å²) >= 11 is 0. The molecular weight excluding hydrogens is 440 g/mol. The molecule has 6 nitrogen and oxygen atoms in total. The van der Waals surface area contributed by atoms with Gasteiger partial charge in [0.2, 0.25) is 6.79 Å². The van der Waals surface area contributed by atoms with Crippen molar-refractivity contribution in [2.45, 2.75) is 63.3 Å². The smallest absolute Gasteiger partial charge is 0.251 e. The molecule has 1 aliphatic carbocycles. The molecule has 0 bridgehead atoms. The minimum atomic E-state index is -0.00903. The Balaban J connectivity index is 0.918. The summed E-state index contributed by atoms with van der Waals surface area (Å²) in [4.78, 5) is 15.4. The fraction of sp³-hybridized carbons (Fsp3) is 0.552. The van der Waals surface area contributed by atoms with Crippen molar-refractivity contribution in [3.8, 4) is 17.2 Å². The number of carbonyl (C=O) groups is 1. The maximum Gasteiger partial charge on any atom is 0.251 e. The largest absolute Gasteiger partial charge is 0.493 e. The van der Waals surface area contributed by atoms with Gasteiger partial charge in [-0.1, -0.05) is 12.1 Å². The van der Waals surface area contributed by atoms with E-state index in [1.165, 1.54) is 57.3 Å². The van der Waals surface area contributed by atoms with Crippen LogP contribution in [0.5, 0.6) is 17.2 Å². The number of hydrogen-bond donors (Lipinski definition) is 1. The van der Waals surface area contributed by atoms with Crippen LogP contribution in [-0.4, -0.2) is 49.9 Å². The van der Waals surface area contributed by atoms with Crippen LogP contribution in [0.4, 0.5) is 0 Å². The molecular formula is C29H36N2O4. The molecule has 3 heterocycles. The Bertz CT molecular complexity index is 1050. The molecule has 3 aliphatic heterocycles. The first kappa shape index (κ1) is 22.7. The number of piperidine rings is 1. The second-order valence-corrected chi connectivity index (χ2v) is 10.6. The van der Waals surface area contributed by atoms with Gasteiger partial charge in [-0.3, -0.25) is 4.79 Å². The van der Waals surface area contributed by atoms with Gasteiger partial charge < -0.3 is 24.4 Å². The summed E-state index contributed by atoms with van der Waals surface area (Å²) in [6, 6.07) is 12.3. The minimum absolute atomic E-state index is 0.00903. The molecule has 6 rings (SSSR count). The van der Waals surface area contributed by atoms with E-state index in [1.54, 1.807) is 11.6 Å². The van der Waals surface area contributed by atoms with E-state index in [1.807, 2.05) is 12.1 Å². The van der Waals surface area contributed by atoms with Gasteiger partial charge in [-0.15, -0.1) is 0 Å². The lowest BCUT2D eigenvalue weighted by Crippen LogP contribution is -2.38. The van der Waals surface area contributed by atoms with Gasteiger partial charge in [0.25, 0.3) is 5.91 Å². The standard InChI is InChI=1S/C29H36N2O4/c32-29(22-6-9-27-28(18-22)35-19-34-27)30-23-7-4-20(5-8-23)10-14-31-15-11-21(12-16-31)24-2-1-3-26-25(24)13-17-33-26/h1-3,6,9,18,20-21,23H,4-5,7-8,10-17,19H2,(H,30,32)/t20-,23-. The van der Waals surface area contributed by atoms with Crippen LogP contribution in [0.15, 0.2) is 36.4 Å². The molecule has 1 saturated heterocycles. The molecule has 0 spiro atoms. The van der Waals surface area contributed by atoms with Crippen LogP contribution in [0.3, 0.4) is 0 Å². The molecule has 4 aliphatic rings. The molecule has 2 fully saturated rings. The molecule has 1 amide bonds. The second-order valence-electron chi connectivity index (χ2n) is 10.6. The topological polar surface area (TPSA) is 60.0 Å². The third-order valence-corrected chi connectivity index (χ3v) is 8.48. The van der Waals surface area contributed by atoms with E-state index in [-0.39, 0.29) is 18.7 Å². The average Bonchev–Trinajstić information content (AvgIpc) is 3.57. The van der Waals surface area contributed by atoms with E-state index >= 15 is 0 Å². The van der Waals surface area contributed by atoms with Crippen LogP contribution >= 0.6 is 0 Å². The summed E-state index contributed by atoms with van der Waals surface area (Å²) < 4.78 is 16.5. The third kappa shape index (κ3) is 4.99. The fourth-order valence-electron chi connectivity index (χ4n) is 6.37. The molecule has 6 heteroatoms. The Hall–Kier alpha value is -2.73. The van der Waals surface area contributed by atoms with Crippen LogP contribution in [0, 0.1) is 5.92 Å². The molecule has 0 radical (unpaired) electrons. The highest BCUT2D eigenvalue weighted by atomic mass is 16.7. The van der Waals surface area contributed by atoms with Crippen molar-refractivity contribution < 1.29 is 19.0 Å². The molecule has 0 atom stereocenters. The molecule has 0 unspecified atom stereocenters. The third-order valence-electron chi connectivity index (χ3n) is 8.48. The van der Waals surface area contributed by atoms with E-state index in [2.05, 4.69) is 28.4 Å². The zero-order valence-electron chi connectivity index (χ0n) is 20.5. The number of benzene rings is 2. The van der Waals surface area contributed by atoms with E-state index in [4.69, 9.17) is 14.2 Å². The number of hydrogen-bond acceptors (Lipinski definition) is 5. The van der Waals surface area contributed by atoms with Crippen molar-refractivity contribution in [1.29, 1.82) is 0 Å². The zero-order chi connectivity index (χ0) is 23.6. The number of amides is 1. The SMILES string of the molecule is O=C(N[C@H]1CC[C@H](CCN2CCC(c3cccc4c3CCO4)CC2)CC1)c1ccc2c(c1)OCO2. The van der Waals surface area contributed by atoms with Gasteiger partial charge in [0.15, 0.2) is 11.5 Å². The summed E-state index contributed by atoms with van der Waals surface area (Å²) in [5.41, 5.74) is 3.65. The fourth-order valence-corrected chi connectivity index (χ4v) is 6.37. The highest BCUT2D eigenvalue weighted by Gasteiger charge is 2.27. The van der Waals surface area contributed by atoms with Gasteiger partial charge in [-0.25, -0.2) is 0 Å². The lowest BCUT2D eigenvalue weighted by Gasteiger charge is -2.35. The van der Waals surface area contributed by atoms with Gasteiger partial charge >= 0.3 is 0 Å². The van der Waals surface area contributed by atoms with Crippen molar-refractivity contribution in [3.63, 3.8) is 0 Å². The Morgan fingerprint density at radius 1 is 0.914 bits per heavy atom. The summed E-state index contributed by atoms with van der Waals surface area (Å²) in [5, 5.41) is 3.24. The molecule has 0 aromatic heterocycles. The monoisotopic (exact) mass is 476 g/mol. The number of nitrogens with zero attached hydrogens (tertiary/aromatic N) is 1. The van der Waals surface area contributed by atoms with Crippen molar-refractivity contribution in [1.82, 2.24) is 10.2 Å². The first-order valence-corrected chi connectivity index (χ1v) is 13.4. The van der Waals surface area contributed by atoms with Crippen LogP contribution in [0.2, 0.25) is 0 Å². The lowest BCUT2D eigenvalue weighted by molar-refractivity contribution is 0.0918. The zero-order valence-corrected chi connectivity index (χ0v) is 20.5. The van der Waals surface area contributed by atoms with Gasteiger partial charge in [0.1, 0.15) is 5.75 Å². The Labute approximate surface area is 207 Å². The van der Waals surface area contributed by atoms with Crippen LogP contribution < -0.4 is 19.5 Å². The summed E-state index contributed by atoms with van der Waals surface area (Å²) in [7, 11) is 0. The quantitative estimate of drug-likeness (QED) is 0.642. The van der Waals surface area contributed by atoms with Crippen LogP contribution in [-0.2, 0) is 6.42 Å². The maximum absolute atomic E-state index is 12.7. The number of ether oxygens (including phenoxy) is 3. The van der Waals surface area contributed by atoms with Crippen molar-refractivity contribution in [2.75, 3.05) is 33.0 Å². The number of rotatable bonds is 6. The molecule has 2 aromatic rings. The number of fused-ring (bicyclic) bond motifs is 2.